The van der Waals surface area contributed by atoms with Crippen molar-refractivity contribution in [1.82, 2.24) is 24.9 Å². The van der Waals surface area contributed by atoms with Gasteiger partial charge in [0.05, 0.1) is 36.3 Å². The second-order valence-corrected chi connectivity index (χ2v) is 10.1. The summed E-state index contributed by atoms with van der Waals surface area (Å²) in [6.45, 7) is 5.96. The summed E-state index contributed by atoms with van der Waals surface area (Å²) in [5.41, 5.74) is 3.64. The standard InChI is InChI=1S/C29H31N5O3/c1-3-4-19-16-33-12-11-18(19)13-28(33)29(36)24-15-26(30-25-10-9-22(37-2)14-23(24)25)27-17-34(32-31-27)20-5-7-21(35)8-6-20/h3,5-10,14-15,17-19,28-29,35-36H,1,4,11-13,16H2,2H3/t18?,19?,28?,29-/m1/s1. The van der Waals surface area contributed by atoms with Crippen LogP contribution in [0, 0.1) is 11.8 Å². The molecule has 3 aliphatic rings. The third-order valence-electron chi connectivity index (χ3n) is 8.01. The van der Waals surface area contributed by atoms with Crippen molar-refractivity contribution in [3.63, 3.8) is 0 Å². The van der Waals surface area contributed by atoms with Gasteiger partial charge in [-0.15, -0.1) is 11.7 Å². The van der Waals surface area contributed by atoms with Crippen LogP contribution in [-0.2, 0) is 0 Å². The van der Waals surface area contributed by atoms with Crippen molar-refractivity contribution >= 4 is 10.9 Å². The Morgan fingerprint density at radius 2 is 2.00 bits per heavy atom. The number of piperidine rings is 3. The van der Waals surface area contributed by atoms with Crippen LogP contribution in [-0.4, -0.2) is 61.3 Å². The SMILES string of the molecule is C=CCC1CN2CCC1CC2[C@H](O)c1cc(-c2cn(-c3ccc(O)cc3)nn2)nc2ccc(OC)cc12. The number of aliphatic hydroxyl groups excluding tert-OH is 1. The van der Waals surface area contributed by atoms with Crippen LogP contribution in [0.4, 0.5) is 0 Å². The minimum Gasteiger partial charge on any atom is -0.508 e. The van der Waals surface area contributed by atoms with E-state index in [0.717, 1.165) is 53.8 Å². The molecule has 0 aliphatic carbocycles. The summed E-state index contributed by atoms with van der Waals surface area (Å²) in [6, 6.07) is 14.5. The maximum Gasteiger partial charge on any atom is 0.131 e. The highest BCUT2D eigenvalue weighted by Gasteiger charge is 2.43. The van der Waals surface area contributed by atoms with Crippen LogP contribution in [0.25, 0.3) is 28.0 Å². The van der Waals surface area contributed by atoms with Gasteiger partial charge >= 0.3 is 0 Å². The molecule has 0 amide bonds. The van der Waals surface area contributed by atoms with Crippen molar-refractivity contribution in [1.29, 1.82) is 0 Å². The van der Waals surface area contributed by atoms with Crippen molar-refractivity contribution < 1.29 is 14.9 Å². The summed E-state index contributed by atoms with van der Waals surface area (Å²) in [4.78, 5) is 7.32. The summed E-state index contributed by atoms with van der Waals surface area (Å²) in [5, 5.41) is 30.9. The predicted octanol–water partition coefficient (Wildman–Crippen LogP) is 4.52. The first-order valence-corrected chi connectivity index (χ1v) is 12.8. The fourth-order valence-corrected chi connectivity index (χ4v) is 6.04. The molecular formula is C29H31N5O3. The van der Waals surface area contributed by atoms with Crippen molar-refractivity contribution in [2.75, 3.05) is 20.2 Å². The molecule has 2 bridgehead atoms. The number of benzene rings is 2. The molecule has 5 heterocycles. The largest absolute Gasteiger partial charge is 0.508 e. The Labute approximate surface area is 215 Å². The number of ether oxygens (including phenoxy) is 1. The number of rotatable bonds is 7. The maximum atomic E-state index is 11.8. The Bertz CT molecular complexity index is 1430. The normalized spacial score (nSPS) is 23.7. The van der Waals surface area contributed by atoms with Crippen LogP contribution in [0.3, 0.4) is 0 Å². The highest BCUT2D eigenvalue weighted by atomic mass is 16.5. The lowest BCUT2D eigenvalue weighted by molar-refractivity contribution is -0.0546. The number of aromatic hydroxyl groups is 1. The lowest BCUT2D eigenvalue weighted by Crippen LogP contribution is -2.55. The molecule has 0 radical (unpaired) electrons. The van der Waals surface area contributed by atoms with Gasteiger partial charge in [-0.25, -0.2) is 9.67 Å². The average Bonchev–Trinajstić information content (AvgIpc) is 3.43. The van der Waals surface area contributed by atoms with Crippen LogP contribution in [0.1, 0.15) is 30.9 Å². The van der Waals surface area contributed by atoms with E-state index >= 15 is 0 Å². The highest BCUT2D eigenvalue weighted by Crippen LogP contribution is 2.43. The topological polar surface area (TPSA) is 96.5 Å². The van der Waals surface area contributed by atoms with E-state index in [1.54, 1.807) is 36.1 Å². The number of pyridine rings is 1. The number of nitrogens with zero attached hydrogens (tertiary/aromatic N) is 5. The molecule has 4 unspecified atom stereocenters. The molecule has 5 atom stereocenters. The molecule has 3 saturated heterocycles. The van der Waals surface area contributed by atoms with Gasteiger partial charge in [0.2, 0.25) is 0 Å². The summed E-state index contributed by atoms with van der Waals surface area (Å²) in [6.07, 6.45) is 6.35. The summed E-state index contributed by atoms with van der Waals surface area (Å²) in [7, 11) is 1.65. The third-order valence-corrected chi connectivity index (χ3v) is 8.01. The van der Waals surface area contributed by atoms with Crippen molar-refractivity contribution in [3.8, 4) is 28.6 Å². The molecule has 2 N–H and O–H groups in total. The fraction of sp³-hybridized carbons (Fsp3) is 0.345. The molecule has 0 saturated carbocycles. The minimum absolute atomic E-state index is 0.0529. The number of fused-ring (bicyclic) bond motifs is 4. The Morgan fingerprint density at radius 1 is 1.16 bits per heavy atom. The number of aliphatic hydroxyl groups is 1. The van der Waals surface area contributed by atoms with Crippen molar-refractivity contribution in [2.24, 2.45) is 11.8 Å². The molecule has 190 valence electrons. The molecule has 2 aromatic carbocycles. The van der Waals surface area contributed by atoms with Crippen LogP contribution < -0.4 is 4.74 Å². The predicted molar refractivity (Wildman–Crippen MR) is 142 cm³/mol. The molecule has 2 aromatic heterocycles. The molecule has 4 aromatic rings. The zero-order valence-electron chi connectivity index (χ0n) is 20.9. The first kappa shape index (κ1) is 23.6. The van der Waals surface area contributed by atoms with Gasteiger partial charge in [0.15, 0.2) is 0 Å². The number of phenols is 1. The first-order valence-electron chi connectivity index (χ1n) is 12.8. The van der Waals surface area contributed by atoms with E-state index in [1.807, 2.05) is 36.5 Å². The number of aromatic nitrogens is 4. The second-order valence-electron chi connectivity index (χ2n) is 10.1. The Balaban J connectivity index is 1.39. The maximum absolute atomic E-state index is 11.8. The van der Waals surface area contributed by atoms with Gasteiger partial charge in [0.25, 0.3) is 0 Å². The molecule has 8 nitrogen and oxygen atoms in total. The van der Waals surface area contributed by atoms with E-state index < -0.39 is 6.10 Å². The monoisotopic (exact) mass is 497 g/mol. The Hall–Kier alpha value is -3.75. The average molecular weight is 498 g/mol. The fourth-order valence-electron chi connectivity index (χ4n) is 6.04. The second kappa shape index (κ2) is 9.61. The molecule has 37 heavy (non-hydrogen) atoms. The first-order chi connectivity index (χ1) is 18.0. The minimum atomic E-state index is -0.670. The summed E-state index contributed by atoms with van der Waals surface area (Å²) in [5.74, 6) is 2.15. The number of hydrogen-bond acceptors (Lipinski definition) is 7. The van der Waals surface area contributed by atoms with Gasteiger partial charge in [-0.05, 0) is 91.7 Å². The van der Waals surface area contributed by atoms with Crippen molar-refractivity contribution in [3.05, 3.63) is 72.9 Å². The van der Waals surface area contributed by atoms with E-state index in [4.69, 9.17) is 9.72 Å². The lowest BCUT2D eigenvalue weighted by Gasteiger charge is -2.51. The van der Waals surface area contributed by atoms with Gasteiger partial charge in [0, 0.05) is 18.0 Å². The molecular weight excluding hydrogens is 466 g/mol. The van der Waals surface area contributed by atoms with Crippen molar-refractivity contribution in [2.45, 2.75) is 31.4 Å². The van der Waals surface area contributed by atoms with E-state index in [0.29, 0.717) is 23.2 Å². The van der Waals surface area contributed by atoms with Gasteiger partial charge in [0.1, 0.15) is 17.2 Å². The van der Waals surface area contributed by atoms with Gasteiger partial charge < -0.3 is 14.9 Å². The van der Waals surface area contributed by atoms with Gasteiger partial charge in [-0.3, -0.25) is 4.90 Å². The van der Waals surface area contributed by atoms with E-state index in [9.17, 15) is 10.2 Å². The number of methoxy groups -OCH3 is 1. The molecule has 0 spiro atoms. The van der Waals surface area contributed by atoms with E-state index in [2.05, 4.69) is 21.8 Å². The third kappa shape index (κ3) is 4.36. The highest BCUT2D eigenvalue weighted by molar-refractivity contribution is 5.86. The summed E-state index contributed by atoms with van der Waals surface area (Å²) >= 11 is 0. The quantitative estimate of drug-likeness (QED) is 0.363. The van der Waals surface area contributed by atoms with Crippen LogP contribution in [0.15, 0.2) is 67.4 Å². The van der Waals surface area contributed by atoms with Gasteiger partial charge in [-0.2, -0.15) is 0 Å². The molecule has 8 heteroatoms. The molecule has 3 aliphatic heterocycles. The smallest absolute Gasteiger partial charge is 0.131 e. The Morgan fingerprint density at radius 3 is 2.73 bits per heavy atom. The number of phenolic OH excluding ortho intramolecular Hbond substituents is 1. The van der Waals surface area contributed by atoms with Gasteiger partial charge in [-0.1, -0.05) is 11.3 Å². The number of hydrogen-bond donors (Lipinski definition) is 2. The number of allylic oxidation sites excluding steroid dienone is 1. The van der Waals surface area contributed by atoms with Crippen LogP contribution in [0.2, 0.25) is 0 Å². The molecule has 7 rings (SSSR count). The van der Waals surface area contributed by atoms with Crippen LogP contribution >= 0.6 is 0 Å². The molecule has 3 fully saturated rings. The zero-order chi connectivity index (χ0) is 25.5. The zero-order valence-corrected chi connectivity index (χ0v) is 20.9. The van der Waals surface area contributed by atoms with Crippen LogP contribution in [0.5, 0.6) is 11.5 Å². The Kier molecular flexibility index (Phi) is 6.14. The summed E-state index contributed by atoms with van der Waals surface area (Å²) < 4.78 is 7.14. The van der Waals surface area contributed by atoms with E-state index in [1.165, 1.54) is 6.42 Å². The van der Waals surface area contributed by atoms with E-state index in [-0.39, 0.29) is 11.8 Å². The lowest BCUT2D eigenvalue weighted by atomic mass is 9.72.